The third kappa shape index (κ3) is 2.41. The van der Waals surface area contributed by atoms with E-state index in [0.29, 0.717) is 5.92 Å². The molecule has 1 unspecified atom stereocenters. The Kier molecular flexibility index (Phi) is 3.57. The van der Waals surface area contributed by atoms with Crippen molar-refractivity contribution in [3.05, 3.63) is 108 Å². The molecular formula is C30H21NO. The molecule has 0 amide bonds. The summed E-state index contributed by atoms with van der Waals surface area (Å²) < 4.78 is 8.48. The highest BCUT2D eigenvalue weighted by Gasteiger charge is 2.22. The highest BCUT2D eigenvalue weighted by atomic mass is 16.3. The van der Waals surface area contributed by atoms with E-state index in [9.17, 15) is 0 Å². The third-order valence-corrected chi connectivity index (χ3v) is 6.77. The molecule has 152 valence electrons. The molecular weight excluding hydrogens is 390 g/mol. The van der Waals surface area contributed by atoms with Gasteiger partial charge < -0.3 is 8.98 Å². The molecule has 7 rings (SSSR count). The summed E-state index contributed by atoms with van der Waals surface area (Å²) in [5.74, 6) is 1.38. The van der Waals surface area contributed by atoms with Crippen LogP contribution >= 0.6 is 0 Å². The van der Waals surface area contributed by atoms with Gasteiger partial charge in [0.15, 0.2) is 0 Å². The van der Waals surface area contributed by atoms with E-state index in [1.807, 2.05) is 0 Å². The number of benzene rings is 4. The second-order valence-electron chi connectivity index (χ2n) is 8.66. The Labute approximate surface area is 186 Å². The molecule has 6 aromatic rings. The first-order valence-corrected chi connectivity index (χ1v) is 11.1. The summed E-state index contributed by atoms with van der Waals surface area (Å²) >= 11 is 0. The van der Waals surface area contributed by atoms with Crippen molar-refractivity contribution in [3.8, 4) is 16.8 Å². The van der Waals surface area contributed by atoms with Crippen LogP contribution in [0.3, 0.4) is 0 Å². The molecule has 0 saturated carbocycles. The largest absolute Gasteiger partial charge is 0.456 e. The molecule has 0 fully saturated rings. The number of fused-ring (bicyclic) bond motifs is 6. The Morgan fingerprint density at radius 3 is 2.41 bits per heavy atom. The number of nitrogens with zero attached hydrogens (tertiary/aromatic N) is 1. The molecule has 0 aliphatic heterocycles. The number of furan rings is 1. The molecule has 1 atom stereocenters. The molecule has 0 saturated heterocycles. The van der Waals surface area contributed by atoms with Crippen molar-refractivity contribution in [2.75, 3.05) is 0 Å². The van der Waals surface area contributed by atoms with Gasteiger partial charge in [-0.25, -0.2) is 0 Å². The van der Waals surface area contributed by atoms with E-state index in [0.717, 1.165) is 11.3 Å². The van der Waals surface area contributed by atoms with Crippen molar-refractivity contribution in [2.45, 2.75) is 12.8 Å². The summed E-state index contributed by atoms with van der Waals surface area (Å²) in [6, 6.07) is 32.7. The van der Waals surface area contributed by atoms with E-state index < -0.39 is 0 Å². The van der Waals surface area contributed by atoms with Crippen LogP contribution in [0, 0.1) is 0 Å². The lowest BCUT2D eigenvalue weighted by molar-refractivity contribution is 0.601. The van der Waals surface area contributed by atoms with Crippen molar-refractivity contribution < 1.29 is 4.42 Å². The number of aromatic nitrogens is 1. The molecule has 0 bridgehead atoms. The number of hydrogen-bond acceptors (Lipinski definition) is 1. The Bertz CT molecular complexity index is 1680. The van der Waals surface area contributed by atoms with Crippen molar-refractivity contribution in [1.29, 1.82) is 0 Å². The average Bonchev–Trinajstić information content (AvgIpc) is 3.49. The molecule has 0 spiro atoms. The van der Waals surface area contributed by atoms with Crippen LogP contribution in [0.1, 0.15) is 24.2 Å². The summed E-state index contributed by atoms with van der Waals surface area (Å²) in [5.41, 5.74) is 8.34. The van der Waals surface area contributed by atoms with Crippen LogP contribution in [-0.2, 0) is 0 Å². The number of hydrogen-bond donors (Lipinski definition) is 0. The number of para-hydroxylation sites is 1. The second kappa shape index (κ2) is 6.48. The zero-order valence-electron chi connectivity index (χ0n) is 17.7. The molecule has 2 aromatic heterocycles. The van der Waals surface area contributed by atoms with E-state index in [1.54, 1.807) is 0 Å². The molecule has 1 aliphatic carbocycles. The maximum Gasteiger partial charge on any atom is 0.135 e. The normalized spacial score (nSPS) is 15.2. The molecule has 2 heteroatoms. The Morgan fingerprint density at radius 1 is 0.688 bits per heavy atom. The van der Waals surface area contributed by atoms with Crippen LogP contribution in [0.2, 0.25) is 0 Å². The quantitative estimate of drug-likeness (QED) is 0.280. The molecule has 2 heterocycles. The summed E-state index contributed by atoms with van der Waals surface area (Å²) in [7, 11) is 0. The average molecular weight is 412 g/mol. The first-order valence-electron chi connectivity index (χ1n) is 11.1. The van der Waals surface area contributed by atoms with Gasteiger partial charge in [-0.15, -0.1) is 0 Å². The Hall–Kier alpha value is -4.04. The fraction of sp³-hybridized carbons (Fsp3) is 0.0667. The summed E-state index contributed by atoms with van der Waals surface area (Å²) in [6.45, 7) is 2.23. The van der Waals surface area contributed by atoms with Gasteiger partial charge in [-0.2, -0.15) is 0 Å². The lowest BCUT2D eigenvalue weighted by Crippen LogP contribution is -1.94. The molecule has 0 radical (unpaired) electrons. The standard InChI is InChI=1S/C30H21NO/c1-19-11-15-29-30(19)25-18-22(13-16-28(25)32-29)31-26-10-6-5-9-23(26)24-17-21(12-14-27(24)31)20-7-3-2-4-8-20/h2-19H,1H3. The van der Waals surface area contributed by atoms with Crippen LogP contribution in [0.15, 0.2) is 101 Å². The minimum Gasteiger partial charge on any atom is -0.456 e. The zero-order valence-corrected chi connectivity index (χ0v) is 17.7. The minimum atomic E-state index is 0.382. The Balaban J connectivity index is 1.51. The molecule has 4 aromatic carbocycles. The highest BCUT2D eigenvalue weighted by molar-refractivity contribution is 6.10. The minimum absolute atomic E-state index is 0.382. The van der Waals surface area contributed by atoms with Gasteiger partial charge in [0, 0.05) is 33.3 Å². The predicted octanol–water partition coefficient (Wildman–Crippen LogP) is 8.33. The van der Waals surface area contributed by atoms with Gasteiger partial charge in [0.1, 0.15) is 11.3 Å². The Morgan fingerprint density at radius 2 is 1.50 bits per heavy atom. The van der Waals surface area contributed by atoms with Gasteiger partial charge in [0.05, 0.1) is 11.0 Å². The maximum atomic E-state index is 6.10. The van der Waals surface area contributed by atoms with Crippen molar-refractivity contribution >= 4 is 38.9 Å². The molecule has 0 N–H and O–H groups in total. The summed E-state index contributed by atoms with van der Waals surface area (Å²) in [4.78, 5) is 0. The van der Waals surface area contributed by atoms with Gasteiger partial charge in [0.25, 0.3) is 0 Å². The van der Waals surface area contributed by atoms with E-state index >= 15 is 0 Å². The zero-order chi connectivity index (χ0) is 21.2. The lowest BCUT2D eigenvalue weighted by atomic mass is 10.0. The van der Waals surface area contributed by atoms with Gasteiger partial charge in [-0.3, -0.25) is 0 Å². The van der Waals surface area contributed by atoms with E-state index in [1.165, 1.54) is 49.6 Å². The van der Waals surface area contributed by atoms with Gasteiger partial charge in [0.2, 0.25) is 0 Å². The van der Waals surface area contributed by atoms with Crippen LogP contribution in [0.25, 0.3) is 55.7 Å². The van der Waals surface area contributed by atoms with E-state index in [-0.39, 0.29) is 0 Å². The maximum absolute atomic E-state index is 6.10. The van der Waals surface area contributed by atoms with Gasteiger partial charge in [-0.1, -0.05) is 67.6 Å². The smallest absolute Gasteiger partial charge is 0.135 e. The van der Waals surface area contributed by atoms with Crippen molar-refractivity contribution in [3.63, 3.8) is 0 Å². The van der Waals surface area contributed by atoms with Crippen LogP contribution in [-0.4, -0.2) is 4.57 Å². The summed E-state index contributed by atoms with van der Waals surface area (Å²) in [5, 5.41) is 3.75. The SMILES string of the molecule is CC1C=Cc2oc3ccc(-n4c5ccccc5c5cc(-c6ccccc6)ccc54)cc3c21. The topological polar surface area (TPSA) is 18.1 Å². The highest BCUT2D eigenvalue weighted by Crippen LogP contribution is 2.40. The second-order valence-corrected chi connectivity index (χ2v) is 8.66. The van der Waals surface area contributed by atoms with Crippen LogP contribution in [0.4, 0.5) is 0 Å². The van der Waals surface area contributed by atoms with Crippen molar-refractivity contribution in [1.82, 2.24) is 4.57 Å². The fourth-order valence-corrected chi connectivity index (χ4v) is 5.25. The van der Waals surface area contributed by atoms with Crippen molar-refractivity contribution in [2.24, 2.45) is 0 Å². The van der Waals surface area contributed by atoms with Crippen LogP contribution in [0.5, 0.6) is 0 Å². The first kappa shape index (κ1) is 17.6. The van der Waals surface area contributed by atoms with Gasteiger partial charge in [-0.05, 0) is 53.6 Å². The fourth-order valence-electron chi connectivity index (χ4n) is 5.25. The molecule has 32 heavy (non-hydrogen) atoms. The summed E-state index contributed by atoms with van der Waals surface area (Å²) in [6.07, 6.45) is 4.32. The number of allylic oxidation sites excluding steroid dienone is 1. The predicted molar refractivity (Wildman–Crippen MR) is 133 cm³/mol. The lowest BCUT2D eigenvalue weighted by Gasteiger charge is -2.09. The molecule has 1 aliphatic rings. The number of rotatable bonds is 2. The van der Waals surface area contributed by atoms with Crippen LogP contribution < -0.4 is 0 Å². The van der Waals surface area contributed by atoms with E-state index in [4.69, 9.17) is 4.42 Å². The third-order valence-electron chi connectivity index (χ3n) is 6.77. The van der Waals surface area contributed by atoms with Gasteiger partial charge >= 0.3 is 0 Å². The van der Waals surface area contributed by atoms with E-state index in [2.05, 4.69) is 115 Å². The monoisotopic (exact) mass is 411 g/mol. The first-order chi connectivity index (χ1) is 15.8. The molecule has 2 nitrogen and oxygen atoms in total.